The summed E-state index contributed by atoms with van der Waals surface area (Å²) >= 11 is 0. The van der Waals surface area contributed by atoms with E-state index < -0.39 is 35.4 Å². The molecule has 3 unspecified atom stereocenters. The van der Waals surface area contributed by atoms with Gasteiger partial charge in [0.15, 0.2) is 0 Å². The zero-order valence-corrected chi connectivity index (χ0v) is 20.3. The van der Waals surface area contributed by atoms with Crippen molar-refractivity contribution >= 4 is 17.8 Å². The van der Waals surface area contributed by atoms with Gasteiger partial charge in [-0.25, -0.2) is 0 Å². The number of amides is 1. The minimum absolute atomic E-state index is 0.0989. The summed E-state index contributed by atoms with van der Waals surface area (Å²) in [5, 5.41) is 21.3. The highest BCUT2D eigenvalue weighted by molar-refractivity contribution is 5.85. The molecule has 0 aromatic heterocycles. The molecule has 0 fully saturated rings. The number of ether oxygens (including phenoxy) is 2. The fourth-order valence-corrected chi connectivity index (χ4v) is 3.52. The van der Waals surface area contributed by atoms with Crippen LogP contribution in [0, 0.1) is 16.7 Å². The van der Waals surface area contributed by atoms with E-state index in [2.05, 4.69) is 5.32 Å². The fourth-order valence-electron chi connectivity index (χ4n) is 3.52. The molecule has 0 bridgehead atoms. The first-order valence-corrected chi connectivity index (χ1v) is 11.3. The zero-order valence-electron chi connectivity index (χ0n) is 20.3. The molecule has 0 aliphatic carbocycles. The summed E-state index contributed by atoms with van der Waals surface area (Å²) in [6.45, 7) is 12.2. The Labute approximate surface area is 187 Å². The lowest BCUT2D eigenvalue weighted by molar-refractivity contribution is -0.161. The minimum atomic E-state index is -1.15. The maximum absolute atomic E-state index is 13.1. The van der Waals surface area contributed by atoms with Gasteiger partial charge in [0.1, 0.15) is 12.7 Å². The monoisotopic (exact) mass is 445 g/mol. The Kier molecular flexibility index (Phi) is 12.9. The van der Waals surface area contributed by atoms with Gasteiger partial charge in [0, 0.05) is 11.5 Å². The van der Waals surface area contributed by atoms with Crippen LogP contribution in [0.15, 0.2) is 0 Å². The van der Waals surface area contributed by atoms with Crippen LogP contribution in [0.4, 0.5) is 0 Å². The molecule has 0 aromatic rings. The van der Waals surface area contributed by atoms with Crippen LogP contribution >= 0.6 is 0 Å². The molecule has 0 spiro atoms. The van der Waals surface area contributed by atoms with E-state index in [9.17, 15) is 19.5 Å². The summed E-state index contributed by atoms with van der Waals surface area (Å²) in [7, 11) is 0. The number of aliphatic hydroxyl groups is 2. The molecule has 0 saturated heterocycles. The molecule has 8 nitrogen and oxygen atoms in total. The van der Waals surface area contributed by atoms with Crippen LogP contribution < -0.4 is 5.32 Å². The van der Waals surface area contributed by atoms with Gasteiger partial charge in [-0.1, -0.05) is 27.2 Å². The molecule has 1 amide bonds. The Balaban J connectivity index is 5.57. The number of aliphatic hydroxyl groups excluding tert-OH is 2. The van der Waals surface area contributed by atoms with Crippen molar-refractivity contribution in [2.75, 3.05) is 19.8 Å². The van der Waals surface area contributed by atoms with E-state index in [4.69, 9.17) is 14.6 Å². The molecule has 0 saturated carbocycles. The van der Waals surface area contributed by atoms with Crippen molar-refractivity contribution in [3.63, 3.8) is 0 Å². The number of carbonyl (C=O) groups excluding carboxylic acids is 3. The van der Waals surface area contributed by atoms with E-state index in [1.807, 2.05) is 27.7 Å². The van der Waals surface area contributed by atoms with E-state index in [0.717, 1.165) is 12.8 Å². The van der Waals surface area contributed by atoms with Crippen LogP contribution in [0.2, 0.25) is 0 Å². The maximum atomic E-state index is 13.1. The van der Waals surface area contributed by atoms with Crippen molar-refractivity contribution in [2.45, 2.75) is 92.7 Å². The van der Waals surface area contributed by atoms with Crippen molar-refractivity contribution in [3.8, 4) is 0 Å². The molecular formula is C23H43NO7. The highest BCUT2D eigenvalue weighted by atomic mass is 16.5. The lowest BCUT2D eigenvalue weighted by Crippen LogP contribution is -2.47. The molecule has 0 radical (unpaired) electrons. The fraction of sp³-hybridized carbons (Fsp3) is 0.870. The summed E-state index contributed by atoms with van der Waals surface area (Å²) in [5.74, 6) is -1.62. The molecule has 0 aliphatic rings. The van der Waals surface area contributed by atoms with Gasteiger partial charge in [-0.05, 0) is 53.4 Å². The summed E-state index contributed by atoms with van der Waals surface area (Å²) in [6, 6.07) is -0.0989. The van der Waals surface area contributed by atoms with Gasteiger partial charge in [0.25, 0.3) is 0 Å². The third kappa shape index (κ3) is 10.5. The van der Waals surface area contributed by atoms with Gasteiger partial charge in [-0.15, -0.1) is 0 Å². The number of esters is 2. The average Bonchev–Trinajstić information content (AvgIpc) is 2.68. The Morgan fingerprint density at radius 3 is 2.16 bits per heavy atom. The lowest BCUT2D eigenvalue weighted by Gasteiger charge is -2.37. The molecular weight excluding hydrogens is 402 g/mol. The third-order valence-corrected chi connectivity index (χ3v) is 5.24. The van der Waals surface area contributed by atoms with E-state index in [1.54, 1.807) is 20.8 Å². The Morgan fingerprint density at radius 1 is 1.06 bits per heavy atom. The molecule has 0 aromatic carbocycles. The van der Waals surface area contributed by atoms with Crippen LogP contribution in [0.3, 0.4) is 0 Å². The molecule has 31 heavy (non-hydrogen) atoms. The Morgan fingerprint density at radius 2 is 1.68 bits per heavy atom. The SMILES string of the molecule is CCCCOC(=O)C(CC)CC(C)(CC(C)(C)C(=O)OCC(O)CO)C(=O)NC(C)C. The lowest BCUT2D eigenvalue weighted by atomic mass is 9.68. The van der Waals surface area contributed by atoms with Crippen molar-refractivity contribution in [2.24, 2.45) is 16.7 Å². The second-order valence-corrected chi connectivity index (χ2v) is 9.51. The van der Waals surface area contributed by atoms with Gasteiger partial charge in [0.2, 0.25) is 5.91 Å². The summed E-state index contributed by atoms with van der Waals surface area (Å²) < 4.78 is 10.5. The first-order valence-electron chi connectivity index (χ1n) is 11.3. The number of nitrogens with one attached hydrogen (secondary N) is 1. The van der Waals surface area contributed by atoms with Crippen molar-refractivity contribution in [3.05, 3.63) is 0 Å². The largest absolute Gasteiger partial charge is 0.465 e. The number of hydrogen-bond acceptors (Lipinski definition) is 7. The molecule has 182 valence electrons. The van der Waals surface area contributed by atoms with Crippen LogP contribution in [-0.4, -0.2) is 60.0 Å². The molecule has 0 heterocycles. The van der Waals surface area contributed by atoms with E-state index in [-0.39, 0.29) is 37.4 Å². The summed E-state index contributed by atoms with van der Waals surface area (Å²) in [5.41, 5.74) is -2.07. The Bertz CT molecular complexity index is 576. The van der Waals surface area contributed by atoms with Crippen molar-refractivity contribution < 1.29 is 34.1 Å². The number of unbranched alkanes of at least 4 members (excludes halogenated alkanes) is 1. The Hall–Kier alpha value is -1.67. The average molecular weight is 446 g/mol. The standard InChI is InChI=1S/C23H43NO7/c1-8-10-11-30-19(27)17(9-2)12-23(7,20(28)24-16(3)4)15-22(5,6)21(29)31-14-18(26)13-25/h16-18,25-26H,8-15H2,1-7H3,(H,24,28). The molecule has 8 heteroatoms. The highest BCUT2D eigenvalue weighted by Crippen LogP contribution is 2.41. The van der Waals surface area contributed by atoms with Crippen LogP contribution in [0.5, 0.6) is 0 Å². The topological polar surface area (TPSA) is 122 Å². The maximum Gasteiger partial charge on any atom is 0.311 e. The molecule has 3 N–H and O–H groups in total. The van der Waals surface area contributed by atoms with Gasteiger partial charge in [-0.3, -0.25) is 14.4 Å². The number of rotatable bonds is 15. The van der Waals surface area contributed by atoms with Gasteiger partial charge >= 0.3 is 11.9 Å². The first-order chi connectivity index (χ1) is 14.3. The second-order valence-electron chi connectivity index (χ2n) is 9.51. The van der Waals surface area contributed by atoms with Crippen molar-refractivity contribution in [1.82, 2.24) is 5.32 Å². The molecule has 0 rings (SSSR count). The molecule has 0 aliphatic heterocycles. The third-order valence-electron chi connectivity index (χ3n) is 5.24. The zero-order chi connectivity index (χ0) is 24.2. The smallest absolute Gasteiger partial charge is 0.311 e. The number of carbonyl (C=O) groups is 3. The van der Waals surface area contributed by atoms with Crippen molar-refractivity contribution in [1.29, 1.82) is 0 Å². The predicted octanol–water partition coefficient (Wildman–Crippen LogP) is 2.59. The van der Waals surface area contributed by atoms with Crippen LogP contribution in [0.1, 0.15) is 80.6 Å². The van der Waals surface area contributed by atoms with Gasteiger partial charge in [-0.2, -0.15) is 0 Å². The predicted molar refractivity (Wildman–Crippen MR) is 118 cm³/mol. The van der Waals surface area contributed by atoms with E-state index in [1.165, 1.54) is 0 Å². The first kappa shape index (κ1) is 29.3. The summed E-state index contributed by atoms with van der Waals surface area (Å²) in [4.78, 5) is 38.4. The summed E-state index contributed by atoms with van der Waals surface area (Å²) in [6.07, 6.45) is 1.45. The normalized spacial score (nSPS) is 15.7. The number of hydrogen-bond donors (Lipinski definition) is 3. The van der Waals surface area contributed by atoms with Gasteiger partial charge < -0.3 is 25.0 Å². The molecule has 3 atom stereocenters. The van der Waals surface area contributed by atoms with Crippen LogP contribution in [-0.2, 0) is 23.9 Å². The highest BCUT2D eigenvalue weighted by Gasteiger charge is 2.45. The van der Waals surface area contributed by atoms with Crippen LogP contribution in [0.25, 0.3) is 0 Å². The van der Waals surface area contributed by atoms with Gasteiger partial charge in [0.05, 0.1) is 24.5 Å². The van der Waals surface area contributed by atoms with E-state index >= 15 is 0 Å². The quantitative estimate of drug-likeness (QED) is 0.262. The minimum Gasteiger partial charge on any atom is -0.465 e. The van der Waals surface area contributed by atoms with E-state index in [0.29, 0.717) is 13.0 Å². The second kappa shape index (κ2) is 13.7.